The van der Waals surface area contributed by atoms with Crippen LogP contribution in [0, 0.1) is 5.82 Å². The minimum Gasteiger partial charge on any atom is -0.456 e. The lowest BCUT2D eigenvalue weighted by Crippen LogP contribution is -2.23. The van der Waals surface area contributed by atoms with Crippen LogP contribution in [0.2, 0.25) is 0 Å². The molecule has 0 aliphatic carbocycles. The van der Waals surface area contributed by atoms with E-state index in [2.05, 4.69) is 5.32 Å². The van der Waals surface area contributed by atoms with Gasteiger partial charge in [-0.25, -0.2) is 9.18 Å². The second-order valence-electron chi connectivity index (χ2n) is 4.45. The molecule has 1 aromatic rings. The molecule has 16 heavy (non-hydrogen) atoms. The summed E-state index contributed by atoms with van der Waals surface area (Å²) in [5, 5.41) is 2.68. The fourth-order valence-electron chi connectivity index (χ4n) is 1.18. The van der Waals surface area contributed by atoms with Gasteiger partial charge in [0.05, 0.1) is 11.3 Å². The molecule has 0 aromatic heterocycles. The minimum atomic E-state index is -0.574. The van der Waals surface area contributed by atoms with E-state index in [-0.39, 0.29) is 5.56 Å². The highest BCUT2D eigenvalue weighted by Gasteiger charge is 2.18. The zero-order valence-corrected chi connectivity index (χ0v) is 9.93. The van der Waals surface area contributed by atoms with Crippen molar-refractivity contribution in [1.82, 2.24) is 0 Å². The van der Waals surface area contributed by atoms with Gasteiger partial charge in [-0.05, 0) is 39.0 Å². The largest absolute Gasteiger partial charge is 0.456 e. The van der Waals surface area contributed by atoms with E-state index in [9.17, 15) is 9.18 Å². The normalized spacial score (nSPS) is 11.1. The predicted octanol–water partition coefficient (Wildman–Crippen LogP) is 2.82. The van der Waals surface area contributed by atoms with Crippen LogP contribution >= 0.6 is 0 Å². The molecule has 0 atom stereocenters. The third-order valence-corrected chi connectivity index (χ3v) is 1.87. The predicted molar refractivity (Wildman–Crippen MR) is 61.1 cm³/mol. The maximum absolute atomic E-state index is 13.4. The molecule has 1 aromatic carbocycles. The van der Waals surface area contributed by atoms with Crippen LogP contribution in [0.3, 0.4) is 0 Å². The van der Waals surface area contributed by atoms with Crippen molar-refractivity contribution in [3.05, 3.63) is 29.6 Å². The Labute approximate surface area is 94.6 Å². The van der Waals surface area contributed by atoms with Crippen molar-refractivity contribution in [3.63, 3.8) is 0 Å². The van der Waals surface area contributed by atoms with Crippen LogP contribution in [0.15, 0.2) is 18.2 Å². The summed E-state index contributed by atoms with van der Waals surface area (Å²) in [4.78, 5) is 11.6. The quantitative estimate of drug-likeness (QED) is 0.786. The third-order valence-electron chi connectivity index (χ3n) is 1.87. The maximum Gasteiger partial charge on any atom is 0.338 e. The first-order chi connectivity index (χ1) is 7.33. The summed E-state index contributed by atoms with van der Waals surface area (Å²) in [6.07, 6.45) is 0. The number of hydrogen-bond acceptors (Lipinski definition) is 3. The highest BCUT2D eigenvalue weighted by atomic mass is 19.1. The number of hydrogen-bond donors (Lipinski definition) is 1. The van der Waals surface area contributed by atoms with E-state index in [1.165, 1.54) is 18.2 Å². The maximum atomic E-state index is 13.4. The van der Waals surface area contributed by atoms with Crippen molar-refractivity contribution < 1.29 is 13.9 Å². The van der Waals surface area contributed by atoms with Crippen LogP contribution in [0.25, 0.3) is 0 Å². The Kier molecular flexibility index (Phi) is 3.52. The van der Waals surface area contributed by atoms with E-state index in [0.717, 1.165) is 0 Å². The van der Waals surface area contributed by atoms with Gasteiger partial charge in [-0.2, -0.15) is 0 Å². The topological polar surface area (TPSA) is 38.3 Å². The zero-order chi connectivity index (χ0) is 12.3. The van der Waals surface area contributed by atoms with E-state index in [1.54, 1.807) is 27.8 Å². The SMILES string of the molecule is CNc1ccc(C(=O)OC(C)(C)C)cc1F. The van der Waals surface area contributed by atoms with Crippen molar-refractivity contribution in [1.29, 1.82) is 0 Å². The fourth-order valence-corrected chi connectivity index (χ4v) is 1.18. The third kappa shape index (κ3) is 3.22. The lowest BCUT2D eigenvalue weighted by molar-refractivity contribution is 0.00691. The van der Waals surface area contributed by atoms with Gasteiger partial charge >= 0.3 is 5.97 Å². The molecule has 4 heteroatoms. The van der Waals surface area contributed by atoms with Gasteiger partial charge in [0.2, 0.25) is 0 Å². The van der Waals surface area contributed by atoms with Gasteiger partial charge in [-0.3, -0.25) is 0 Å². The fraction of sp³-hybridized carbons (Fsp3) is 0.417. The number of ether oxygens (including phenoxy) is 1. The summed E-state index contributed by atoms with van der Waals surface area (Å²) >= 11 is 0. The van der Waals surface area contributed by atoms with Crippen LogP contribution in [0.5, 0.6) is 0 Å². The Balaban J connectivity index is 2.89. The van der Waals surface area contributed by atoms with Gasteiger partial charge in [-0.15, -0.1) is 0 Å². The molecule has 0 aliphatic heterocycles. The van der Waals surface area contributed by atoms with E-state index >= 15 is 0 Å². The van der Waals surface area contributed by atoms with Crippen LogP contribution < -0.4 is 5.32 Å². The van der Waals surface area contributed by atoms with Gasteiger partial charge in [-0.1, -0.05) is 0 Å². The summed E-state index contributed by atoms with van der Waals surface area (Å²) in [6.45, 7) is 5.30. The van der Waals surface area contributed by atoms with Crippen molar-refractivity contribution in [2.24, 2.45) is 0 Å². The standard InChI is InChI=1S/C12H16FNO2/c1-12(2,3)16-11(15)8-5-6-10(14-4)9(13)7-8/h5-7,14H,1-4H3. The molecular weight excluding hydrogens is 209 g/mol. The summed E-state index contributed by atoms with van der Waals surface area (Å²) in [7, 11) is 1.62. The van der Waals surface area contributed by atoms with Gasteiger partial charge < -0.3 is 10.1 Å². The first-order valence-electron chi connectivity index (χ1n) is 5.04. The van der Waals surface area contributed by atoms with E-state index < -0.39 is 17.4 Å². The number of benzene rings is 1. The monoisotopic (exact) mass is 225 g/mol. The van der Waals surface area contributed by atoms with E-state index in [4.69, 9.17) is 4.74 Å². The highest BCUT2D eigenvalue weighted by Crippen LogP contribution is 2.17. The lowest BCUT2D eigenvalue weighted by Gasteiger charge is -2.19. The molecular formula is C12H16FNO2. The smallest absolute Gasteiger partial charge is 0.338 e. The number of carbonyl (C=O) groups is 1. The van der Waals surface area contributed by atoms with Crippen LogP contribution in [0.4, 0.5) is 10.1 Å². The van der Waals surface area contributed by atoms with Crippen molar-refractivity contribution in [3.8, 4) is 0 Å². The minimum absolute atomic E-state index is 0.214. The molecule has 0 heterocycles. The van der Waals surface area contributed by atoms with Gasteiger partial charge in [0.25, 0.3) is 0 Å². The number of carbonyl (C=O) groups excluding carboxylic acids is 1. The Morgan fingerprint density at radius 3 is 2.44 bits per heavy atom. The molecule has 0 spiro atoms. The Bertz CT molecular complexity index is 396. The highest BCUT2D eigenvalue weighted by molar-refractivity contribution is 5.90. The molecule has 0 amide bonds. The Hall–Kier alpha value is -1.58. The number of rotatable bonds is 2. The van der Waals surface area contributed by atoms with Crippen LogP contribution in [-0.4, -0.2) is 18.6 Å². The molecule has 1 N–H and O–H groups in total. The van der Waals surface area contributed by atoms with Crippen LogP contribution in [0.1, 0.15) is 31.1 Å². The molecule has 0 unspecified atom stereocenters. The second kappa shape index (κ2) is 4.51. The molecule has 0 saturated carbocycles. The van der Waals surface area contributed by atoms with Gasteiger partial charge in [0.1, 0.15) is 11.4 Å². The Morgan fingerprint density at radius 1 is 1.38 bits per heavy atom. The molecule has 0 saturated heterocycles. The summed E-state index contributed by atoms with van der Waals surface area (Å²) in [6, 6.07) is 4.21. The van der Waals surface area contributed by atoms with Gasteiger partial charge in [0.15, 0.2) is 0 Å². The number of anilines is 1. The van der Waals surface area contributed by atoms with Crippen LogP contribution in [-0.2, 0) is 4.74 Å². The summed E-state index contributed by atoms with van der Waals surface area (Å²) in [5.41, 5.74) is -0.00590. The second-order valence-corrected chi connectivity index (χ2v) is 4.45. The molecule has 0 fully saturated rings. The van der Waals surface area contributed by atoms with Crippen molar-refractivity contribution in [2.75, 3.05) is 12.4 Å². The summed E-state index contributed by atoms with van der Waals surface area (Å²) < 4.78 is 18.5. The number of esters is 1. The molecule has 88 valence electrons. The Morgan fingerprint density at radius 2 is 2.00 bits per heavy atom. The van der Waals surface area contributed by atoms with E-state index in [0.29, 0.717) is 5.69 Å². The zero-order valence-electron chi connectivity index (χ0n) is 9.93. The van der Waals surface area contributed by atoms with E-state index in [1.807, 2.05) is 0 Å². The lowest BCUT2D eigenvalue weighted by atomic mass is 10.1. The summed E-state index contributed by atoms with van der Waals surface area (Å²) in [5.74, 6) is -0.986. The van der Waals surface area contributed by atoms with Crippen molar-refractivity contribution in [2.45, 2.75) is 26.4 Å². The number of nitrogens with one attached hydrogen (secondary N) is 1. The molecule has 0 radical (unpaired) electrons. The molecule has 0 bridgehead atoms. The van der Waals surface area contributed by atoms with Crippen molar-refractivity contribution >= 4 is 11.7 Å². The first-order valence-corrected chi connectivity index (χ1v) is 5.04. The van der Waals surface area contributed by atoms with Gasteiger partial charge in [0, 0.05) is 7.05 Å². The molecule has 1 rings (SSSR count). The average molecular weight is 225 g/mol. The average Bonchev–Trinajstić information content (AvgIpc) is 2.15. The molecule has 3 nitrogen and oxygen atoms in total. The molecule has 0 aliphatic rings. The number of halogens is 1. The first kappa shape index (κ1) is 12.5.